The van der Waals surface area contributed by atoms with Gasteiger partial charge in [-0.1, -0.05) is 34.1 Å². The molecule has 2 rings (SSSR count). The molecule has 0 radical (unpaired) electrons. The average molecular weight is 338 g/mol. The van der Waals surface area contributed by atoms with Crippen LogP contribution >= 0.6 is 15.9 Å². The summed E-state index contributed by atoms with van der Waals surface area (Å²) in [6, 6.07) is 13.2. The number of hydrogen-bond donors (Lipinski definition) is 1. The lowest BCUT2D eigenvalue weighted by molar-refractivity contribution is 0.0946. The van der Waals surface area contributed by atoms with Gasteiger partial charge in [0.2, 0.25) is 0 Å². The van der Waals surface area contributed by atoms with Gasteiger partial charge < -0.3 is 10.1 Å². The molecule has 0 saturated carbocycles. The van der Waals surface area contributed by atoms with Crippen molar-refractivity contribution in [2.45, 2.75) is 0 Å². The number of benzene rings is 2. The molecule has 104 valence electrons. The third-order valence-corrected chi connectivity index (χ3v) is 3.06. The number of hydrogen-bond acceptors (Lipinski definition) is 2. The molecule has 1 N–H and O–H groups in total. The monoisotopic (exact) mass is 337 g/mol. The van der Waals surface area contributed by atoms with Crippen LogP contribution in [0.25, 0.3) is 0 Å². The minimum Gasteiger partial charge on any atom is -0.489 e. The standard InChI is InChI=1S/C15H13BrFNO2/c16-12-5-3-4-11(10-12)15(19)18-8-9-20-14-7-2-1-6-13(14)17/h1-7,10H,8-9H2,(H,18,19). The molecule has 0 fully saturated rings. The number of para-hydroxylation sites is 1. The molecule has 0 bridgehead atoms. The lowest BCUT2D eigenvalue weighted by atomic mass is 10.2. The van der Waals surface area contributed by atoms with Gasteiger partial charge in [-0.25, -0.2) is 4.39 Å². The number of ether oxygens (including phenoxy) is 1. The Morgan fingerprint density at radius 1 is 1.20 bits per heavy atom. The van der Waals surface area contributed by atoms with Crippen LogP contribution in [0, 0.1) is 5.82 Å². The molecule has 0 saturated heterocycles. The smallest absolute Gasteiger partial charge is 0.251 e. The van der Waals surface area contributed by atoms with Gasteiger partial charge >= 0.3 is 0 Å². The minimum absolute atomic E-state index is 0.184. The highest BCUT2D eigenvalue weighted by atomic mass is 79.9. The van der Waals surface area contributed by atoms with E-state index < -0.39 is 5.82 Å². The SMILES string of the molecule is O=C(NCCOc1ccccc1F)c1cccc(Br)c1. The number of halogens is 2. The maximum atomic E-state index is 13.3. The van der Waals surface area contributed by atoms with Gasteiger partial charge in [0.15, 0.2) is 11.6 Å². The largest absolute Gasteiger partial charge is 0.489 e. The summed E-state index contributed by atoms with van der Waals surface area (Å²) in [4.78, 5) is 11.8. The van der Waals surface area contributed by atoms with Gasteiger partial charge in [0.05, 0.1) is 6.54 Å². The van der Waals surface area contributed by atoms with Crippen LogP contribution in [0.3, 0.4) is 0 Å². The number of carbonyl (C=O) groups is 1. The number of nitrogens with one attached hydrogen (secondary N) is 1. The molecule has 0 spiro atoms. The molecule has 0 aliphatic rings. The van der Waals surface area contributed by atoms with Crippen molar-refractivity contribution in [2.75, 3.05) is 13.2 Å². The molecule has 0 heterocycles. The van der Waals surface area contributed by atoms with E-state index >= 15 is 0 Å². The van der Waals surface area contributed by atoms with E-state index in [2.05, 4.69) is 21.2 Å². The summed E-state index contributed by atoms with van der Waals surface area (Å²) < 4.78 is 19.4. The molecule has 3 nitrogen and oxygen atoms in total. The quantitative estimate of drug-likeness (QED) is 0.849. The summed E-state index contributed by atoms with van der Waals surface area (Å²) in [6.45, 7) is 0.514. The first kappa shape index (κ1) is 14.5. The van der Waals surface area contributed by atoms with Crippen LogP contribution in [-0.4, -0.2) is 19.1 Å². The van der Waals surface area contributed by atoms with E-state index in [9.17, 15) is 9.18 Å². The molecule has 0 aliphatic carbocycles. The van der Waals surface area contributed by atoms with Gasteiger partial charge in [-0.2, -0.15) is 0 Å². The Hall–Kier alpha value is -1.88. The van der Waals surface area contributed by atoms with Crippen LogP contribution in [-0.2, 0) is 0 Å². The minimum atomic E-state index is -0.411. The first-order valence-electron chi connectivity index (χ1n) is 6.08. The predicted octanol–water partition coefficient (Wildman–Crippen LogP) is 3.40. The van der Waals surface area contributed by atoms with Gasteiger partial charge in [-0.05, 0) is 30.3 Å². The molecule has 2 aromatic carbocycles. The number of amides is 1. The molecule has 20 heavy (non-hydrogen) atoms. The predicted molar refractivity (Wildman–Crippen MR) is 78.4 cm³/mol. The van der Waals surface area contributed by atoms with Crippen molar-refractivity contribution in [3.05, 3.63) is 64.4 Å². The Morgan fingerprint density at radius 3 is 2.75 bits per heavy atom. The van der Waals surface area contributed by atoms with Crippen molar-refractivity contribution >= 4 is 21.8 Å². The van der Waals surface area contributed by atoms with Gasteiger partial charge in [-0.15, -0.1) is 0 Å². The Labute approximate surface area is 124 Å². The Bertz CT molecular complexity index is 604. The molecule has 5 heteroatoms. The average Bonchev–Trinajstić information content (AvgIpc) is 2.45. The fraction of sp³-hybridized carbons (Fsp3) is 0.133. The molecule has 1 amide bonds. The summed E-state index contributed by atoms with van der Waals surface area (Å²) in [5.41, 5.74) is 0.560. The lowest BCUT2D eigenvalue weighted by Gasteiger charge is -2.08. The maximum Gasteiger partial charge on any atom is 0.251 e. The summed E-state index contributed by atoms with van der Waals surface area (Å²) in [5.74, 6) is -0.418. The van der Waals surface area contributed by atoms with Crippen LogP contribution in [0.1, 0.15) is 10.4 Å². The van der Waals surface area contributed by atoms with Crippen molar-refractivity contribution in [3.63, 3.8) is 0 Å². The number of carbonyl (C=O) groups excluding carboxylic acids is 1. The fourth-order valence-electron chi connectivity index (χ4n) is 1.62. The zero-order valence-electron chi connectivity index (χ0n) is 10.6. The van der Waals surface area contributed by atoms with Crippen molar-refractivity contribution in [1.29, 1.82) is 0 Å². The highest BCUT2D eigenvalue weighted by Gasteiger charge is 2.05. The zero-order chi connectivity index (χ0) is 14.4. The number of rotatable bonds is 5. The van der Waals surface area contributed by atoms with Crippen molar-refractivity contribution in [1.82, 2.24) is 5.32 Å². The van der Waals surface area contributed by atoms with Crippen molar-refractivity contribution < 1.29 is 13.9 Å². The van der Waals surface area contributed by atoms with Gasteiger partial charge in [-0.3, -0.25) is 4.79 Å². The van der Waals surface area contributed by atoms with E-state index in [1.165, 1.54) is 6.07 Å². The van der Waals surface area contributed by atoms with E-state index in [1.807, 2.05) is 6.07 Å². The van der Waals surface area contributed by atoms with Crippen LogP contribution in [0.4, 0.5) is 4.39 Å². The van der Waals surface area contributed by atoms with Crippen LogP contribution in [0.5, 0.6) is 5.75 Å². The van der Waals surface area contributed by atoms with Gasteiger partial charge in [0.1, 0.15) is 6.61 Å². The highest BCUT2D eigenvalue weighted by molar-refractivity contribution is 9.10. The van der Waals surface area contributed by atoms with Crippen LogP contribution in [0.15, 0.2) is 53.0 Å². The van der Waals surface area contributed by atoms with E-state index in [-0.39, 0.29) is 18.3 Å². The second-order valence-corrected chi connectivity index (χ2v) is 4.96. The van der Waals surface area contributed by atoms with Gasteiger partial charge in [0.25, 0.3) is 5.91 Å². The molecular formula is C15H13BrFNO2. The Kier molecular flexibility index (Phi) is 5.12. The lowest BCUT2D eigenvalue weighted by Crippen LogP contribution is -2.28. The second kappa shape index (κ2) is 7.05. The van der Waals surface area contributed by atoms with Crippen LogP contribution < -0.4 is 10.1 Å². The molecule has 0 aromatic heterocycles. The normalized spacial score (nSPS) is 10.1. The van der Waals surface area contributed by atoms with E-state index in [4.69, 9.17) is 4.74 Å². The van der Waals surface area contributed by atoms with E-state index in [0.29, 0.717) is 12.1 Å². The summed E-state index contributed by atoms with van der Waals surface area (Å²) in [6.07, 6.45) is 0. The summed E-state index contributed by atoms with van der Waals surface area (Å²) in [5, 5.41) is 2.71. The van der Waals surface area contributed by atoms with Crippen LogP contribution in [0.2, 0.25) is 0 Å². The Balaban J connectivity index is 1.79. The molecule has 0 unspecified atom stereocenters. The summed E-state index contributed by atoms with van der Waals surface area (Å²) >= 11 is 3.30. The maximum absolute atomic E-state index is 13.3. The van der Waals surface area contributed by atoms with E-state index in [0.717, 1.165) is 4.47 Å². The molecule has 0 aliphatic heterocycles. The van der Waals surface area contributed by atoms with Crippen molar-refractivity contribution in [3.8, 4) is 5.75 Å². The molecule has 2 aromatic rings. The summed E-state index contributed by atoms with van der Waals surface area (Å²) in [7, 11) is 0. The Morgan fingerprint density at radius 2 is 2.00 bits per heavy atom. The molecule has 0 atom stereocenters. The third-order valence-electron chi connectivity index (χ3n) is 2.57. The first-order chi connectivity index (χ1) is 9.66. The fourth-order valence-corrected chi connectivity index (χ4v) is 2.02. The van der Waals surface area contributed by atoms with E-state index in [1.54, 1.807) is 36.4 Å². The highest BCUT2D eigenvalue weighted by Crippen LogP contribution is 2.15. The molecular weight excluding hydrogens is 325 g/mol. The zero-order valence-corrected chi connectivity index (χ0v) is 12.2. The third kappa shape index (κ3) is 4.06. The first-order valence-corrected chi connectivity index (χ1v) is 6.87. The topological polar surface area (TPSA) is 38.3 Å². The van der Waals surface area contributed by atoms with Gasteiger partial charge in [0, 0.05) is 10.0 Å². The second-order valence-electron chi connectivity index (χ2n) is 4.05. The van der Waals surface area contributed by atoms with Crippen molar-refractivity contribution in [2.24, 2.45) is 0 Å².